The molecule has 6 rings (SSSR count). The number of allylic oxidation sites excluding steroid dienone is 3. The number of nitrogens with one attached hydrogen (secondary N) is 1. The lowest BCUT2D eigenvalue weighted by Crippen LogP contribution is -2.48. The van der Waals surface area contributed by atoms with Gasteiger partial charge in [0.2, 0.25) is 0 Å². The molecule has 0 saturated heterocycles. The number of nitrogens with zero attached hydrogens (tertiary/aromatic N) is 1. The summed E-state index contributed by atoms with van der Waals surface area (Å²) >= 11 is 0. The van der Waals surface area contributed by atoms with Crippen LogP contribution in [0.4, 0.5) is 6.01 Å². The molecule has 1 heterocycles. The second kappa shape index (κ2) is 8.67. The van der Waals surface area contributed by atoms with E-state index in [0.29, 0.717) is 11.5 Å². The number of hydrogen-bond donors (Lipinski definition) is 4. The molecule has 1 fully saturated rings. The molecule has 6 nitrogen and oxygen atoms in total. The third-order valence-corrected chi connectivity index (χ3v) is 8.54. The van der Waals surface area contributed by atoms with Gasteiger partial charge in [0, 0.05) is 11.3 Å². The van der Waals surface area contributed by atoms with Crippen molar-refractivity contribution in [2.75, 3.05) is 19.8 Å². The Labute approximate surface area is 201 Å². The Balaban J connectivity index is 0.000000764. The molecule has 0 amide bonds. The Kier molecular flexibility index (Phi) is 5.95. The Morgan fingerprint density at radius 2 is 1.97 bits per heavy atom. The quantitative estimate of drug-likeness (QED) is 0.493. The molecule has 182 valence electrons. The Morgan fingerprint density at radius 3 is 2.76 bits per heavy atom. The van der Waals surface area contributed by atoms with E-state index >= 15 is 0 Å². The summed E-state index contributed by atoms with van der Waals surface area (Å²) in [7, 11) is 3.75. The zero-order valence-corrected chi connectivity index (χ0v) is 20.5. The summed E-state index contributed by atoms with van der Waals surface area (Å²) in [4.78, 5) is 4.21. The number of aromatic nitrogens is 1. The second-order valence-electron chi connectivity index (χ2n) is 10.7. The molecule has 4 aliphatic carbocycles. The number of oxazole rings is 1. The summed E-state index contributed by atoms with van der Waals surface area (Å²) in [6, 6.07) is 6.28. The largest absolute Gasteiger partial charge is 0.424 e. The molecule has 6 heteroatoms. The van der Waals surface area contributed by atoms with E-state index in [4.69, 9.17) is 10.2 Å². The lowest BCUT2D eigenvalue weighted by Gasteiger charge is -2.48. The van der Waals surface area contributed by atoms with Gasteiger partial charge in [-0.15, -0.1) is 0 Å². The predicted octanol–water partition coefficient (Wildman–Crippen LogP) is 4.60. The van der Waals surface area contributed by atoms with Gasteiger partial charge in [0.25, 0.3) is 6.01 Å². The van der Waals surface area contributed by atoms with Crippen LogP contribution in [0.15, 0.2) is 52.0 Å². The van der Waals surface area contributed by atoms with Crippen molar-refractivity contribution < 1.29 is 14.6 Å². The second-order valence-corrected chi connectivity index (χ2v) is 10.7. The molecule has 4 unspecified atom stereocenters. The first kappa shape index (κ1) is 23.3. The SMILES string of the molecule is CC12CC=C3C=C4CC(O)CCC4CC[C@]3(O)C1CC=C2c1ccc2nc(N)oc2c1.CNC. The average molecular weight is 464 g/mol. The van der Waals surface area contributed by atoms with Crippen LogP contribution in [0.25, 0.3) is 16.7 Å². The van der Waals surface area contributed by atoms with E-state index in [9.17, 15) is 10.2 Å². The summed E-state index contributed by atoms with van der Waals surface area (Å²) in [5.41, 5.74) is 11.1. The number of rotatable bonds is 1. The molecule has 0 spiro atoms. The predicted molar refractivity (Wildman–Crippen MR) is 136 cm³/mol. The van der Waals surface area contributed by atoms with E-state index in [2.05, 4.69) is 41.5 Å². The van der Waals surface area contributed by atoms with Crippen LogP contribution in [0.5, 0.6) is 0 Å². The minimum absolute atomic E-state index is 0.134. The highest BCUT2D eigenvalue weighted by Gasteiger charge is 2.55. The number of hydrogen-bond acceptors (Lipinski definition) is 6. The van der Waals surface area contributed by atoms with E-state index < -0.39 is 5.60 Å². The average Bonchev–Trinajstić information content (AvgIpc) is 3.30. The summed E-state index contributed by atoms with van der Waals surface area (Å²) in [6.07, 6.45) is 12.8. The number of anilines is 1. The maximum absolute atomic E-state index is 12.1. The first-order chi connectivity index (χ1) is 16.3. The van der Waals surface area contributed by atoms with Gasteiger partial charge in [-0.3, -0.25) is 0 Å². The van der Waals surface area contributed by atoms with Crippen LogP contribution in [0.2, 0.25) is 0 Å². The van der Waals surface area contributed by atoms with Crippen LogP contribution in [0.3, 0.4) is 0 Å². The minimum Gasteiger partial charge on any atom is -0.424 e. The molecule has 4 aliphatic rings. The fraction of sp³-hybridized carbons (Fsp3) is 0.536. The van der Waals surface area contributed by atoms with E-state index in [1.54, 1.807) is 0 Å². The zero-order valence-electron chi connectivity index (χ0n) is 20.5. The number of nitrogen functional groups attached to an aromatic ring is 1. The van der Waals surface area contributed by atoms with E-state index in [1.807, 2.05) is 26.2 Å². The lowest BCUT2D eigenvalue weighted by atomic mass is 9.58. The Morgan fingerprint density at radius 1 is 1.18 bits per heavy atom. The van der Waals surface area contributed by atoms with Crippen LogP contribution in [0, 0.1) is 17.3 Å². The number of benzene rings is 1. The highest BCUT2D eigenvalue weighted by molar-refractivity contribution is 5.83. The van der Waals surface area contributed by atoms with Gasteiger partial charge >= 0.3 is 0 Å². The topological polar surface area (TPSA) is 105 Å². The van der Waals surface area contributed by atoms with Gasteiger partial charge < -0.3 is 25.7 Å². The summed E-state index contributed by atoms with van der Waals surface area (Å²) < 4.78 is 5.57. The number of fused-ring (bicyclic) bond motifs is 5. The maximum Gasteiger partial charge on any atom is 0.292 e. The van der Waals surface area contributed by atoms with Gasteiger partial charge in [-0.05, 0) is 93.8 Å². The van der Waals surface area contributed by atoms with Crippen molar-refractivity contribution in [2.24, 2.45) is 17.3 Å². The van der Waals surface area contributed by atoms with Crippen LogP contribution in [-0.2, 0) is 0 Å². The molecule has 5 atom stereocenters. The molecule has 0 radical (unpaired) electrons. The highest BCUT2D eigenvalue weighted by atomic mass is 16.4. The molecule has 5 N–H and O–H groups in total. The summed E-state index contributed by atoms with van der Waals surface area (Å²) in [6.45, 7) is 2.30. The van der Waals surface area contributed by atoms with Gasteiger partial charge in [-0.1, -0.05) is 36.8 Å². The van der Waals surface area contributed by atoms with Crippen molar-refractivity contribution in [1.29, 1.82) is 0 Å². The van der Waals surface area contributed by atoms with E-state index in [1.165, 1.54) is 11.1 Å². The number of aliphatic hydroxyl groups is 2. The molecule has 2 aromatic rings. The summed E-state index contributed by atoms with van der Waals surface area (Å²) in [5.74, 6) is 0.644. The van der Waals surface area contributed by atoms with Gasteiger partial charge in [-0.25, -0.2) is 0 Å². The smallest absolute Gasteiger partial charge is 0.292 e. The van der Waals surface area contributed by atoms with E-state index in [0.717, 1.165) is 61.6 Å². The zero-order chi connectivity index (χ0) is 24.1. The monoisotopic (exact) mass is 463 g/mol. The van der Waals surface area contributed by atoms with Crippen LogP contribution in [0.1, 0.15) is 57.4 Å². The van der Waals surface area contributed by atoms with Crippen molar-refractivity contribution in [1.82, 2.24) is 10.3 Å². The van der Waals surface area contributed by atoms with Gasteiger partial charge in [0.15, 0.2) is 5.58 Å². The van der Waals surface area contributed by atoms with E-state index in [-0.39, 0.29) is 23.5 Å². The fourth-order valence-corrected chi connectivity index (χ4v) is 6.87. The fourth-order valence-electron chi connectivity index (χ4n) is 6.87. The standard InChI is InChI=1S/C26H30N2O3.C2H7N/c1-25-10-9-18-12-17-13-19(29)4-2-15(17)8-11-26(18,30)23(25)7-5-20(25)16-3-6-21-22(14-16)31-24(27)28-21;1-3-2/h3,5-6,9,12,14-15,19,23,29-30H,2,4,7-8,10-11,13H2,1H3,(H2,27,28);3H,1-2H3/t15?,19?,23?,25?,26-;/m1./s1. The Bertz CT molecular complexity index is 1180. The summed E-state index contributed by atoms with van der Waals surface area (Å²) in [5, 5.41) is 25.0. The molecule has 34 heavy (non-hydrogen) atoms. The van der Waals surface area contributed by atoms with Crippen LogP contribution >= 0.6 is 0 Å². The van der Waals surface area contributed by atoms with Crippen molar-refractivity contribution in [3.05, 3.63) is 53.1 Å². The lowest BCUT2D eigenvalue weighted by molar-refractivity contribution is -0.0330. The van der Waals surface area contributed by atoms with Crippen molar-refractivity contribution in [2.45, 2.75) is 63.6 Å². The van der Waals surface area contributed by atoms with Crippen molar-refractivity contribution >= 4 is 22.7 Å². The van der Waals surface area contributed by atoms with Crippen molar-refractivity contribution in [3.8, 4) is 0 Å². The van der Waals surface area contributed by atoms with Crippen molar-refractivity contribution in [3.63, 3.8) is 0 Å². The number of nitrogens with two attached hydrogens (primary N) is 1. The molecule has 1 aromatic heterocycles. The number of aliphatic hydroxyl groups excluding tert-OH is 1. The molecule has 1 aromatic carbocycles. The molecule has 1 saturated carbocycles. The van der Waals surface area contributed by atoms with Gasteiger partial charge in [0.05, 0.1) is 11.7 Å². The normalized spacial score (nSPS) is 34.5. The van der Waals surface area contributed by atoms with Crippen LogP contribution in [-0.4, -0.2) is 41.0 Å². The first-order valence-corrected chi connectivity index (χ1v) is 12.6. The minimum atomic E-state index is -0.818. The third-order valence-electron chi connectivity index (χ3n) is 8.54. The van der Waals surface area contributed by atoms with Gasteiger partial charge in [-0.2, -0.15) is 4.98 Å². The molecular weight excluding hydrogens is 426 g/mol. The first-order valence-electron chi connectivity index (χ1n) is 12.6. The van der Waals surface area contributed by atoms with Crippen LogP contribution < -0.4 is 11.1 Å². The molecule has 0 bridgehead atoms. The molecule has 0 aliphatic heterocycles. The molecular formula is C28H37N3O3. The maximum atomic E-state index is 12.1. The third kappa shape index (κ3) is 3.72. The highest BCUT2D eigenvalue weighted by Crippen LogP contribution is 2.61. The van der Waals surface area contributed by atoms with Gasteiger partial charge in [0.1, 0.15) is 5.52 Å². The Hall–Kier alpha value is -2.41.